The Hall–Kier alpha value is -1.86. The van der Waals surface area contributed by atoms with Crippen LogP contribution in [0.25, 0.3) is 0 Å². The van der Waals surface area contributed by atoms with E-state index in [1.54, 1.807) is 18.2 Å². The van der Waals surface area contributed by atoms with Crippen molar-refractivity contribution in [2.24, 2.45) is 5.92 Å². The van der Waals surface area contributed by atoms with Crippen molar-refractivity contribution in [1.29, 1.82) is 0 Å². The van der Waals surface area contributed by atoms with E-state index in [9.17, 15) is 13.2 Å². The Bertz CT molecular complexity index is 811. The van der Waals surface area contributed by atoms with Crippen molar-refractivity contribution < 1.29 is 17.4 Å². The quantitative estimate of drug-likeness (QED) is 0.707. The summed E-state index contributed by atoms with van der Waals surface area (Å²) in [6.45, 7) is 1.17. The van der Waals surface area contributed by atoms with E-state index in [0.29, 0.717) is 12.5 Å². The van der Waals surface area contributed by atoms with Gasteiger partial charge in [0.15, 0.2) is 0 Å². The topological polar surface area (TPSA) is 63.7 Å². The first-order valence-corrected chi connectivity index (χ1v) is 10.4. The van der Waals surface area contributed by atoms with E-state index >= 15 is 0 Å². The number of hydrogen-bond donors (Lipinski definition) is 0. The molecule has 0 aliphatic heterocycles. The predicted molar refractivity (Wildman–Crippen MR) is 93.7 cm³/mol. The molecular weight excluding hydrogens is 346 g/mol. The number of thiophene rings is 1. The zero-order chi connectivity index (χ0) is 17.2. The monoisotopic (exact) mass is 365 g/mol. The number of hydrogen-bond acceptors (Lipinski definition) is 5. The lowest BCUT2D eigenvalue weighted by Gasteiger charge is -2.22. The number of carbonyl (C=O) groups is 1. The highest BCUT2D eigenvalue weighted by Gasteiger charge is 2.27. The normalized spacial score (nSPS) is 14.4. The van der Waals surface area contributed by atoms with Gasteiger partial charge in [-0.1, -0.05) is 18.2 Å². The van der Waals surface area contributed by atoms with Crippen LogP contribution < -0.4 is 4.18 Å². The highest BCUT2D eigenvalue weighted by atomic mass is 32.2. The van der Waals surface area contributed by atoms with Gasteiger partial charge in [-0.05, 0) is 47.9 Å². The fraction of sp³-hybridized carbons (Fsp3) is 0.353. The van der Waals surface area contributed by atoms with Crippen LogP contribution in [0.15, 0.2) is 41.8 Å². The number of benzene rings is 1. The molecule has 0 atom stereocenters. The second-order valence-electron chi connectivity index (χ2n) is 6.04. The largest absolute Gasteiger partial charge is 0.383 e. The van der Waals surface area contributed by atoms with Crippen LogP contribution in [0.4, 0.5) is 0 Å². The number of rotatable bonds is 7. The third-order valence-electron chi connectivity index (χ3n) is 3.71. The van der Waals surface area contributed by atoms with Crippen LogP contribution in [0.2, 0.25) is 0 Å². The summed E-state index contributed by atoms with van der Waals surface area (Å²) in [7, 11) is -3.56. The summed E-state index contributed by atoms with van der Waals surface area (Å²) in [5.41, 5.74) is 0.849. The van der Waals surface area contributed by atoms with Crippen molar-refractivity contribution in [2.75, 3.05) is 12.8 Å². The van der Waals surface area contributed by atoms with E-state index in [0.717, 1.165) is 36.1 Å². The lowest BCUT2D eigenvalue weighted by molar-refractivity contribution is 0.0739. The fourth-order valence-corrected chi connectivity index (χ4v) is 3.62. The molecule has 1 aliphatic carbocycles. The van der Waals surface area contributed by atoms with Crippen molar-refractivity contribution in [2.45, 2.75) is 19.4 Å². The van der Waals surface area contributed by atoms with Crippen LogP contribution in [-0.2, 0) is 16.7 Å². The van der Waals surface area contributed by atoms with Crippen molar-refractivity contribution in [3.8, 4) is 5.75 Å². The number of carbonyl (C=O) groups excluding carboxylic acids is 1. The van der Waals surface area contributed by atoms with Gasteiger partial charge in [-0.15, -0.1) is 11.3 Å². The average molecular weight is 365 g/mol. The Morgan fingerprint density at radius 2 is 2.08 bits per heavy atom. The minimum absolute atomic E-state index is 0.0198. The molecule has 1 aromatic carbocycles. The molecular formula is C17H19NO4S2. The van der Waals surface area contributed by atoms with E-state index in [1.807, 2.05) is 28.5 Å². The summed E-state index contributed by atoms with van der Waals surface area (Å²) in [5, 5.41) is 1.89. The molecule has 1 saturated carbocycles. The van der Waals surface area contributed by atoms with Crippen molar-refractivity contribution in [3.63, 3.8) is 0 Å². The molecule has 0 spiro atoms. The van der Waals surface area contributed by atoms with Crippen molar-refractivity contribution >= 4 is 27.4 Å². The van der Waals surface area contributed by atoms with Crippen LogP contribution in [0.1, 0.15) is 28.1 Å². The first-order chi connectivity index (χ1) is 11.4. The molecule has 1 heterocycles. The maximum atomic E-state index is 12.7. The van der Waals surface area contributed by atoms with E-state index in [-0.39, 0.29) is 11.7 Å². The van der Waals surface area contributed by atoms with Crippen molar-refractivity contribution in [3.05, 3.63) is 52.2 Å². The molecule has 0 bridgehead atoms. The maximum absolute atomic E-state index is 12.7. The maximum Gasteiger partial charge on any atom is 0.306 e. The molecule has 1 amide bonds. The standard InChI is InChI=1S/C17H19NO4S2/c1-24(20,21)22-15-5-2-4-14(10-15)12-18(11-13-7-8-13)17(19)16-6-3-9-23-16/h2-6,9-10,13H,7-8,11-12H2,1H3. The van der Waals surface area contributed by atoms with Gasteiger partial charge in [0.25, 0.3) is 5.91 Å². The average Bonchev–Trinajstić information content (AvgIpc) is 3.14. The molecule has 1 fully saturated rings. The SMILES string of the molecule is CS(=O)(=O)Oc1cccc(CN(CC2CC2)C(=O)c2cccs2)c1. The van der Waals surface area contributed by atoms with Crippen LogP contribution in [0.3, 0.4) is 0 Å². The Balaban J connectivity index is 1.77. The summed E-state index contributed by atoms with van der Waals surface area (Å²) >= 11 is 1.43. The zero-order valence-corrected chi connectivity index (χ0v) is 15.0. The minimum Gasteiger partial charge on any atom is -0.383 e. The van der Waals surface area contributed by atoms with Crippen LogP contribution >= 0.6 is 11.3 Å². The van der Waals surface area contributed by atoms with Gasteiger partial charge >= 0.3 is 10.1 Å². The smallest absolute Gasteiger partial charge is 0.306 e. The van der Waals surface area contributed by atoms with Gasteiger partial charge in [0, 0.05) is 13.1 Å². The van der Waals surface area contributed by atoms with E-state index < -0.39 is 10.1 Å². The second kappa shape index (κ2) is 6.94. The third kappa shape index (κ3) is 4.82. The highest BCUT2D eigenvalue weighted by Crippen LogP contribution is 2.31. The molecule has 1 aromatic heterocycles. The van der Waals surface area contributed by atoms with E-state index in [1.165, 1.54) is 11.3 Å². The summed E-state index contributed by atoms with van der Waals surface area (Å²) < 4.78 is 27.5. The van der Waals surface area contributed by atoms with Crippen molar-refractivity contribution in [1.82, 2.24) is 4.90 Å². The Morgan fingerprint density at radius 1 is 1.29 bits per heavy atom. The van der Waals surface area contributed by atoms with E-state index in [4.69, 9.17) is 4.18 Å². The molecule has 0 saturated heterocycles. The number of nitrogens with zero attached hydrogens (tertiary/aromatic N) is 1. The molecule has 3 rings (SSSR count). The fourth-order valence-electron chi connectivity index (χ4n) is 2.48. The molecule has 2 aromatic rings. The molecule has 5 nitrogen and oxygen atoms in total. The summed E-state index contributed by atoms with van der Waals surface area (Å²) in [6, 6.07) is 10.6. The van der Waals surface area contributed by atoms with Gasteiger partial charge < -0.3 is 9.08 Å². The molecule has 128 valence electrons. The lowest BCUT2D eigenvalue weighted by Crippen LogP contribution is -2.32. The second-order valence-corrected chi connectivity index (χ2v) is 8.56. The van der Waals surface area contributed by atoms with Gasteiger partial charge in [0.1, 0.15) is 5.75 Å². The molecule has 0 radical (unpaired) electrons. The molecule has 7 heteroatoms. The summed E-state index contributed by atoms with van der Waals surface area (Å²) in [4.78, 5) is 15.3. The highest BCUT2D eigenvalue weighted by molar-refractivity contribution is 7.86. The van der Waals surface area contributed by atoms with Gasteiger partial charge in [0.2, 0.25) is 0 Å². The van der Waals surface area contributed by atoms with Gasteiger partial charge in [0.05, 0.1) is 11.1 Å². The molecule has 0 N–H and O–H groups in total. The third-order valence-corrected chi connectivity index (χ3v) is 5.07. The first-order valence-electron chi connectivity index (χ1n) is 7.72. The Morgan fingerprint density at radius 3 is 2.71 bits per heavy atom. The molecule has 1 aliphatic rings. The Kier molecular flexibility index (Phi) is 4.91. The van der Waals surface area contributed by atoms with Crippen LogP contribution in [0, 0.1) is 5.92 Å². The number of amides is 1. The summed E-state index contributed by atoms with van der Waals surface area (Å²) in [5.74, 6) is 0.862. The Labute approximate surface area is 146 Å². The van der Waals surface area contributed by atoms with Gasteiger partial charge in [-0.3, -0.25) is 4.79 Å². The zero-order valence-electron chi connectivity index (χ0n) is 13.3. The predicted octanol–water partition coefficient (Wildman–Crippen LogP) is 3.14. The van der Waals surface area contributed by atoms with Gasteiger partial charge in [-0.2, -0.15) is 8.42 Å². The minimum atomic E-state index is -3.56. The van der Waals surface area contributed by atoms with Crippen LogP contribution in [-0.4, -0.2) is 32.0 Å². The van der Waals surface area contributed by atoms with E-state index in [2.05, 4.69) is 0 Å². The van der Waals surface area contributed by atoms with Gasteiger partial charge in [-0.25, -0.2) is 0 Å². The first kappa shape index (κ1) is 17.0. The van der Waals surface area contributed by atoms with Crippen LogP contribution in [0.5, 0.6) is 5.75 Å². The molecule has 0 unspecified atom stereocenters. The lowest BCUT2D eigenvalue weighted by atomic mass is 10.2. The molecule has 24 heavy (non-hydrogen) atoms. The summed E-state index contributed by atoms with van der Waals surface area (Å²) in [6.07, 6.45) is 3.33.